The van der Waals surface area contributed by atoms with Crippen LogP contribution in [0.5, 0.6) is 6.01 Å². The second-order valence-corrected chi connectivity index (χ2v) is 10.9. The molecule has 1 aromatic heterocycles. The second kappa shape index (κ2) is 9.80. The SMILES string of the molecule is CN1CCC[C@H]1COc1nc(N2CCN(C(=O)OC(C)(C)C)CC2)c2cc(Br)c(Cl)cc2n1. The molecule has 2 aliphatic heterocycles. The van der Waals surface area contributed by atoms with E-state index >= 15 is 0 Å². The molecule has 0 saturated carbocycles. The highest BCUT2D eigenvalue weighted by atomic mass is 79.9. The number of anilines is 1. The van der Waals surface area contributed by atoms with Crippen LogP contribution in [-0.2, 0) is 4.74 Å². The summed E-state index contributed by atoms with van der Waals surface area (Å²) in [6.45, 7) is 9.65. The van der Waals surface area contributed by atoms with Crippen molar-refractivity contribution in [1.29, 1.82) is 0 Å². The summed E-state index contributed by atoms with van der Waals surface area (Å²) in [5.41, 5.74) is 0.222. The maximum Gasteiger partial charge on any atom is 0.410 e. The number of likely N-dealkylation sites (N-methyl/N-ethyl adjacent to an activating group) is 1. The van der Waals surface area contributed by atoms with E-state index in [1.165, 1.54) is 6.42 Å². The molecule has 0 unspecified atom stereocenters. The fourth-order valence-corrected chi connectivity index (χ4v) is 4.68. The normalized spacial score (nSPS) is 19.9. The molecule has 10 heteroatoms. The zero-order chi connectivity index (χ0) is 23.8. The topological polar surface area (TPSA) is 71.0 Å². The number of halogens is 2. The van der Waals surface area contributed by atoms with Crippen LogP contribution >= 0.6 is 27.5 Å². The molecule has 2 fully saturated rings. The summed E-state index contributed by atoms with van der Waals surface area (Å²) < 4.78 is 12.4. The van der Waals surface area contributed by atoms with E-state index in [0.29, 0.717) is 49.9 Å². The first-order valence-electron chi connectivity index (χ1n) is 11.3. The molecule has 0 spiro atoms. The van der Waals surface area contributed by atoms with Gasteiger partial charge in [-0.15, -0.1) is 0 Å². The van der Waals surface area contributed by atoms with Gasteiger partial charge in [0.2, 0.25) is 0 Å². The van der Waals surface area contributed by atoms with Crippen molar-refractivity contribution in [3.63, 3.8) is 0 Å². The third-order valence-corrected chi connectivity index (χ3v) is 7.20. The summed E-state index contributed by atoms with van der Waals surface area (Å²) in [7, 11) is 2.12. The Balaban J connectivity index is 1.55. The van der Waals surface area contributed by atoms with Gasteiger partial charge in [-0.1, -0.05) is 11.6 Å². The summed E-state index contributed by atoms with van der Waals surface area (Å²) in [5, 5.41) is 1.48. The van der Waals surface area contributed by atoms with Gasteiger partial charge in [0, 0.05) is 42.1 Å². The van der Waals surface area contributed by atoms with Crippen LogP contribution in [0.25, 0.3) is 10.9 Å². The van der Waals surface area contributed by atoms with Crippen molar-refractivity contribution in [2.45, 2.75) is 45.3 Å². The van der Waals surface area contributed by atoms with Gasteiger partial charge in [0.1, 0.15) is 18.0 Å². The Hall–Kier alpha value is -1.84. The first kappa shape index (κ1) is 24.3. The van der Waals surface area contributed by atoms with E-state index in [0.717, 1.165) is 34.2 Å². The van der Waals surface area contributed by atoms with Gasteiger partial charge < -0.3 is 24.2 Å². The molecule has 1 aromatic carbocycles. The maximum atomic E-state index is 12.5. The predicted octanol–water partition coefficient (Wildman–Crippen LogP) is 4.58. The Kier molecular flexibility index (Phi) is 7.21. The number of likely N-dealkylation sites (tertiary alicyclic amines) is 1. The van der Waals surface area contributed by atoms with E-state index in [-0.39, 0.29) is 6.09 Å². The predicted molar refractivity (Wildman–Crippen MR) is 133 cm³/mol. The van der Waals surface area contributed by atoms with E-state index < -0.39 is 5.60 Å². The summed E-state index contributed by atoms with van der Waals surface area (Å²) in [4.78, 5) is 28.1. The van der Waals surface area contributed by atoms with Gasteiger partial charge in [-0.25, -0.2) is 4.79 Å². The quantitative estimate of drug-likeness (QED) is 0.562. The van der Waals surface area contributed by atoms with E-state index in [2.05, 4.69) is 37.8 Å². The number of ether oxygens (including phenoxy) is 2. The lowest BCUT2D eigenvalue weighted by Gasteiger charge is -2.36. The zero-order valence-electron chi connectivity index (χ0n) is 19.6. The fraction of sp³-hybridized carbons (Fsp3) is 0.609. The highest BCUT2D eigenvalue weighted by Crippen LogP contribution is 2.34. The Morgan fingerprint density at radius 1 is 1.18 bits per heavy atom. The Bertz CT molecular complexity index is 1020. The van der Waals surface area contributed by atoms with Gasteiger partial charge >= 0.3 is 12.1 Å². The van der Waals surface area contributed by atoms with Crippen LogP contribution in [0.2, 0.25) is 5.02 Å². The van der Waals surface area contributed by atoms with Crippen LogP contribution in [0.15, 0.2) is 16.6 Å². The molecule has 1 amide bonds. The van der Waals surface area contributed by atoms with Crippen molar-refractivity contribution in [1.82, 2.24) is 19.8 Å². The first-order chi connectivity index (χ1) is 15.6. The van der Waals surface area contributed by atoms with Gasteiger partial charge in [0.15, 0.2) is 0 Å². The molecule has 0 N–H and O–H groups in total. The van der Waals surface area contributed by atoms with Gasteiger partial charge in [-0.05, 0) is 75.3 Å². The Labute approximate surface area is 208 Å². The van der Waals surface area contributed by atoms with Crippen molar-refractivity contribution in [2.24, 2.45) is 0 Å². The lowest BCUT2D eigenvalue weighted by Crippen LogP contribution is -2.50. The molecule has 4 rings (SSSR count). The van der Waals surface area contributed by atoms with Crippen LogP contribution in [-0.4, -0.2) is 83.9 Å². The molecule has 0 radical (unpaired) electrons. The smallest absolute Gasteiger partial charge is 0.410 e. The summed E-state index contributed by atoms with van der Waals surface area (Å²) in [6, 6.07) is 4.50. The van der Waals surface area contributed by atoms with Crippen molar-refractivity contribution in [3.05, 3.63) is 21.6 Å². The van der Waals surface area contributed by atoms with Crippen LogP contribution in [0, 0.1) is 0 Å². The standard InChI is InChI=1S/C23H31BrClN5O3/c1-23(2,3)33-22(31)30-10-8-29(9-11-30)20-16-12-17(24)18(25)13-19(16)26-21(27-20)32-14-15-6-5-7-28(15)4/h12-13,15H,5-11,14H2,1-4H3/t15-/m0/s1. The monoisotopic (exact) mass is 539 g/mol. The minimum Gasteiger partial charge on any atom is -0.462 e. The molecule has 2 aliphatic rings. The number of hydrogen-bond acceptors (Lipinski definition) is 7. The number of aromatic nitrogens is 2. The zero-order valence-corrected chi connectivity index (χ0v) is 21.9. The number of rotatable bonds is 4. The van der Waals surface area contributed by atoms with Gasteiger partial charge in [0.05, 0.1) is 10.5 Å². The number of piperazine rings is 1. The molecule has 8 nitrogen and oxygen atoms in total. The maximum absolute atomic E-state index is 12.5. The first-order valence-corrected chi connectivity index (χ1v) is 12.5. The molecule has 0 aliphatic carbocycles. The average Bonchev–Trinajstić information content (AvgIpc) is 3.16. The van der Waals surface area contributed by atoms with Gasteiger partial charge in [0.25, 0.3) is 0 Å². The number of carbonyl (C=O) groups is 1. The van der Waals surface area contributed by atoms with Gasteiger partial charge in [-0.3, -0.25) is 0 Å². The van der Waals surface area contributed by atoms with Crippen LogP contribution in [0.4, 0.5) is 10.6 Å². The number of hydrogen-bond donors (Lipinski definition) is 0. The molecule has 1 atom stereocenters. The minimum absolute atomic E-state index is 0.283. The lowest BCUT2D eigenvalue weighted by molar-refractivity contribution is 0.0240. The van der Waals surface area contributed by atoms with Crippen LogP contribution in [0.1, 0.15) is 33.6 Å². The molecule has 3 heterocycles. The molecule has 180 valence electrons. The number of nitrogens with zero attached hydrogens (tertiary/aromatic N) is 5. The highest BCUT2D eigenvalue weighted by Gasteiger charge is 2.28. The van der Waals surface area contributed by atoms with Crippen molar-refractivity contribution in [2.75, 3.05) is 51.3 Å². The third kappa shape index (κ3) is 5.81. The molecule has 2 saturated heterocycles. The molecule has 2 aromatic rings. The van der Waals surface area contributed by atoms with E-state index in [1.807, 2.05) is 32.9 Å². The molecular weight excluding hydrogens is 510 g/mol. The summed E-state index contributed by atoms with van der Waals surface area (Å²) in [5.74, 6) is 0.788. The van der Waals surface area contributed by atoms with E-state index in [4.69, 9.17) is 26.1 Å². The van der Waals surface area contributed by atoms with Crippen molar-refractivity contribution < 1.29 is 14.3 Å². The van der Waals surface area contributed by atoms with Crippen molar-refractivity contribution in [3.8, 4) is 6.01 Å². The molecular formula is C23H31BrClN5O3. The Morgan fingerprint density at radius 3 is 2.55 bits per heavy atom. The Morgan fingerprint density at radius 2 is 1.91 bits per heavy atom. The number of fused-ring (bicyclic) bond motifs is 1. The van der Waals surface area contributed by atoms with Crippen LogP contribution in [0.3, 0.4) is 0 Å². The van der Waals surface area contributed by atoms with E-state index in [1.54, 1.807) is 4.90 Å². The highest BCUT2D eigenvalue weighted by molar-refractivity contribution is 9.10. The third-order valence-electron chi connectivity index (χ3n) is 6.00. The van der Waals surface area contributed by atoms with Crippen LogP contribution < -0.4 is 9.64 Å². The number of carbonyl (C=O) groups excluding carboxylic acids is 1. The van der Waals surface area contributed by atoms with E-state index in [9.17, 15) is 4.79 Å². The summed E-state index contributed by atoms with van der Waals surface area (Å²) >= 11 is 9.88. The van der Waals surface area contributed by atoms with Crippen molar-refractivity contribution >= 4 is 50.3 Å². The summed E-state index contributed by atoms with van der Waals surface area (Å²) in [6.07, 6.45) is 2.01. The minimum atomic E-state index is -0.512. The molecule has 33 heavy (non-hydrogen) atoms. The average molecular weight is 541 g/mol. The largest absolute Gasteiger partial charge is 0.462 e. The fourth-order valence-electron chi connectivity index (χ4n) is 4.18. The number of amides is 1. The molecule has 0 bridgehead atoms. The second-order valence-electron chi connectivity index (χ2n) is 9.66. The lowest BCUT2D eigenvalue weighted by atomic mass is 10.2. The van der Waals surface area contributed by atoms with Gasteiger partial charge in [-0.2, -0.15) is 9.97 Å². The number of benzene rings is 1.